The fraction of sp³-hybridized carbons (Fsp3) is 0. The van der Waals surface area contributed by atoms with Crippen LogP contribution in [0.5, 0.6) is 5.75 Å². The number of non-ortho nitro benzene ring substituents is 1. The monoisotopic (exact) mass is 367 g/mol. The third-order valence-electron chi connectivity index (χ3n) is 3.69. The molecule has 0 spiro atoms. The number of phenols is 1. The molecular weight excluding hydrogens is 354 g/mol. The summed E-state index contributed by atoms with van der Waals surface area (Å²) in [5.74, 6) is -0.424. The third-order valence-corrected chi connectivity index (χ3v) is 3.90. The summed E-state index contributed by atoms with van der Waals surface area (Å²) in [4.78, 5) is 22.5. The van der Waals surface area contributed by atoms with Gasteiger partial charge in [-0.05, 0) is 30.4 Å². The number of amides is 1. The van der Waals surface area contributed by atoms with Gasteiger partial charge in [0.1, 0.15) is 5.75 Å². The summed E-state index contributed by atoms with van der Waals surface area (Å²) in [6, 6.07) is 15.7. The van der Waals surface area contributed by atoms with E-state index in [0.717, 1.165) is 5.39 Å². The van der Waals surface area contributed by atoms with Gasteiger partial charge in [0.25, 0.3) is 11.6 Å². The number of nitro groups is 1. The van der Waals surface area contributed by atoms with Crippen LogP contribution >= 0.6 is 12.2 Å². The van der Waals surface area contributed by atoms with Crippen LogP contribution in [0.2, 0.25) is 0 Å². The first kappa shape index (κ1) is 17.3. The highest BCUT2D eigenvalue weighted by Gasteiger charge is 2.13. The van der Waals surface area contributed by atoms with Gasteiger partial charge in [-0.3, -0.25) is 20.2 Å². The van der Waals surface area contributed by atoms with Crippen LogP contribution < -0.4 is 10.6 Å². The van der Waals surface area contributed by atoms with E-state index in [4.69, 9.17) is 12.2 Å². The summed E-state index contributed by atoms with van der Waals surface area (Å²) in [5, 5.41) is 27.5. The molecular formula is C18H13N3O4S. The Labute approximate surface area is 153 Å². The predicted molar refractivity (Wildman–Crippen MR) is 102 cm³/mol. The zero-order valence-corrected chi connectivity index (χ0v) is 14.1. The first-order chi connectivity index (χ1) is 12.5. The van der Waals surface area contributed by atoms with Crippen LogP contribution in [0.4, 0.5) is 11.4 Å². The zero-order valence-electron chi connectivity index (χ0n) is 13.3. The number of rotatable bonds is 3. The van der Waals surface area contributed by atoms with E-state index in [1.165, 1.54) is 24.3 Å². The number of phenolic OH excluding ortho intramolecular Hbond substituents is 1. The molecule has 1 amide bonds. The molecule has 0 bridgehead atoms. The van der Waals surface area contributed by atoms with Crippen LogP contribution in [0, 0.1) is 10.1 Å². The lowest BCUT2D eigenvalue weighted by Crippen LogP contribution is -2.34. The number of hydrogen-bond donors (Lipinski definition) is 3. The van der Waals surface area contributed by atoms with E-state index in [1.807, 2.05) is 6.07 Å². The minimum absolute atomic E-state index is 0.0392. The molecule has 0 heterocycles. The van der Waals surface area contributed by atoms with Crippen LogP contribution in [-0.2, 0) is 0 Å². The predicted octanol–water partition coefficient (Wildman–Crippen LogP) is 3.58. The highest BCUT2D eigenvalue weighted by molar-refractivity contribution is 7.80. The van der Waals surface area contributed by atoms with Crippen molar-refractivity contribution in [3.05, 3.63) is 76.3 Å². The van der Waals surface area contributed by atoms with Gasteiger partial charge < -0.3 is 10.4 Å². The van der Waals surface area contributed by atoms with Crippen molar-refractivity contribution in [3.8, 4) is 5.75 Å². The Morgan fingerprint density at radius 3 is 2.50 bits per heavy atom. The molecule has 0 aliphatic rings. The maximum atomic E-state index is 12.2. The normalized spacial score (nSPS) is 10.3. The Kier molecular flexibility index (Phi) is 4.76. The van der Waals surface area contributed by atoms with Crippen molar-refractivity contribution in [1.82, 2.24) is 5.32 Å². The SMILES string of the molecule is O=C(NC(=S)Nc1cccc2c(O)cccc12)c1cccc([N+](=O)[O-])c1. The second-order valence-corrected chi connectivity index (χ2v) is 5.80. The molecule has 0 aliphatic heterocycles. The van der Waals surface area contributed by atoms with Crippen LogP contribution in [0.1, 0.15) is 10.4 Å². The van der Waals surface area contributed by atoms with Gasteiger partial charge in [0, 0.05) is 34.2 Å². The van der Waals surface area contributed by atoms with Crippen molar-refractivity contribution in [3.63, 3.8) is 0 Å². The number of thiocarbonyl (C=S) groups is 1. The summed E-state index contributed by atoms with van der Waals surface area (Å²) in [6.45, 7) is 0. The van der Waals surface area contributed by atoms with Crippen LogP contribution in [0.15, 0.2) is 60.7 Å². The van der Waals surface area contributed by atoms with Gasteiger partial charge in [-0.1, -0.05) is 30.3 Å². The molecule has 8 heteroatoms. The molecule has 0 aliphatic carbocycles. The van der Waals surface area contributed by atoms with Crippen LogP contribution in [0.25, 0.3) is 10.8 Å². The molecule has 0 atom stereocenters. The highest BCUT2D eigenvalue weighted by Crippen LogP contribution is 2.29. The van der Waals surface area contributed by atoms with Gasteiger partial charge in [0.15, 0.2) is 5.11 Å². The fourth-order valence-corrected chi connectivity index (χ4v) is 2.69. The number of carbonyl (C=O) groups is 1. The number of nitrogens with zero attached hydrogens (tertiary/aromatic N) is 1. The van der Waals surface area contributed by atoms with E-state index in [2.05, 4.69) is 10.6 Å². The Morgan fingerprint density at radius 2 is 1.73 bits per heavy atom. The molecule has 3 rings (SSSR count). The molecule has 7 nitrogen and oxygen atoms in total. The molecule has 130 valence electrons. The summed E-state index contributed by atoms with van der Waals surface area (Å²) in [7, 11) is 0. The van der Waals surface area contributed by atoms with E-state index >= 15 is 0 Å². The largest absolute Gasteiger partial charge is 0.507 e. The molecule has 0 fully saturated rings. The van der Waals surface area contributed by atoms with E-state index in [-0.39, 0.29) is 22.1 Å². The van der Waals surface area contributed by atoms with E-state index in [1.54, 1.807) is 30.3 Å². The molecule has 0 radical (unpaired) electrons. The Hall–Kier alpha value is -3.52. The fourth-order valence-electron chi connectivity index (χ4n) is 2.49. The first-order valence-corrected chi connectivity index (χ1v) is 7.94. The second kappa shape index (κ2) is 7.16. The van der Waals surface area contributed by atoms with Crippen molar-refractivity contribution < 1.29 is 14.8 Å². The van der Waals surface area contributed by atoms with Gasteiger partial charge in [-0.2, -0.15) is 0 Å². The summed E-state index contributed by atoms with van der Waals surface area (Å²) < 4.78 is 0. The number of anilines is 1. The average molecular weight is 367 g/mol. The molecule has 3 N–H and O–H groups in total. The quantitative estimate of drug-likeness (QED) is 0.371. The lowest BCUT2D eigenvalue weighted by atomic mass is 10.1. The molecule has 0 aromatic heterocycles. The summed E-state index contributed by atoms with van der Waals surface area (Å²) >= 11 is 5.15. The van der Waals surface area contributed by atoms with Crippen molar-refractivity contribution in [1.29, 1.82) is 0 Å². The molecule has 0 saturated heterocycles. The molecule has 0 saturated carbocycles. The Balaban J connectivity index is 1.77. The minimum atomic E-state index is -0.573. The maximum absolute atomic E-state index is 12.2. The van der Waals surface area contributed by atoms with Crippen molar-refractivity contribution in [2.45, 2.75) is 0 Å². The van der Waals surface area contributed by atoms with Gasteiger partial charge >= 0.3 is 0 Å². The minimum Gasteiger partial charge on any atom is -0.507 e. The standard InChI is InChI=1S/C18H13N3O4S/c22-16-9-3-6-13-14(16)7-2-8-15(13)19-18(26)20-17(23)11-4-1-5-12(10-11)21(24)25/h1-10,22H,(H2,19,20,23,26). The lowest BCUT2D eigenvalue weighted by molar-refractivity contribution is -0.384. The number of hydrogen-bond acceptors (Lipinski definition) is 5. The lowest BCUT2D eigenvalue weighted by Gasteiger charge is -2.12. The molecule has 3 aromatic rings. The Bertz CT molecular complexity index is 1040. The van der Waals surface area contributed by atoms with Gasteiger partial charge in [-0.25, -0.2) is 0 Å². The van der Waals surface area contributed by atoms with Gasteiger partial charge in [0.2, 0.25) is 0 Å². The van der Waals surface area contributed by atoms with Crippen molar-refractivity contribution in [2.75, 3.05) is 5.32 Å². The number of nitro benzene ring substituents is 1. The smallest absolute Gasteiger partial charge is 0.270 e. The second-order valence-electron chi connectivity index (χ2n) is 5.39. The Morgan fingerprint density at radius 1 is 1.04 bits per heavy atom. The number of nitrogens with one attached hydrogen (secondary N) is 2. The average Bonchev–Trinajstić information content (AvgIpc) is 2.62. The molecule has 3 aromatic carbocycles. The molecule has 26 heavy (non-hydrogen) atoms. The summed E-state index contributed by atoms with van der Waals surface area (Å²) in [5.41, 5.74) is 0.558. The van der Waals surface area contributed by atoms with E-state index < -0.39 is 10.8 Å². The van der Waals surface area contributed by atoms with E-state index in [9.17, 15) is 20.0 Å². The number of aromatic hydroxyl groups is 1. The first-order valence-electron chi connectivity index (χ1n) is 7.53. The highest BCUT2D eigenvalue weighted by atomic mass is 32.1. The molecule has 0 unspecified atom stereocenters. The maximum Gasteiger partial charge on any atom is 0.270 e. The number of fused-ring (bicyclic) bond motifs is 1. The van der Waals surface area contributed by atoms with Crippen LogP contribution in [0.3, 0.4) is 0 Å². The van der Waals surface area contributed by atoms with Gasteiger partial charge in [0.05, 0.1) is 4.92 Å². The number of carbonyl (C=O) groups excluding carboxylic acids is 1. The zero-order chi connectivity index (χ0) is 18.7. The van der Waals surface area contributed by atoms with E-state index in [0.29, 0.717) is 11.1 Å². The third kappa shape index (κ3) is 3.60. The van der Waals surface area contributed by atoms with Crippen molar-refractivity contribution in [2.24, 2.45) is 0 Å². The van der Waals surface area contributed by atoms with Crippen molar-refractivity contribution >= 4 is 45.4 Å². The number of benzene rings is 3. The topological polar surface area (TPSA) is 104 Å². The summed E-state index contributed by atoms with van der Waals surface area (Å²) in [6.07, 6.45) is 0. The van der Waals surface area contributed by atoms with Gasteiger partial charge in [-0.15, -0.1) is 0 Å². The van der Waals surface area contributed by atoms with Crippen LogP contribution in [-0.4, -0.2) is 21.0 Å².